The number of thioether (sulfide) groups is 1. The van der Waals surface area contributed by atoms with E-state index >= 15 is 0 Å². The Balaban J connectivity index is 1.84. The molecule has 1 aromatic carbocycles. The van der Waals surface area contributed by atoms with Gasteiger partial charge in [0.25, 0.3) is 0 Å². The van der Waals surface area contributed by atoms with Crippen LogP contribution >= 0.6 is 11.8 Å². The lowest BCUT2D eigenvalue weighted by Gasteiger charge is -2.35. The fourth-order valence-corrected chi connectivity index (χ4v) is 5.12. The first-order chi connectivity index (χ1) is 12.5. The van der Waals surface area contributed by atoms with E-state index in [2.05, 4.69) is 18.9 Å². The average Bonchev–Trinajstić information content (AvgIpc) is 2.91. The molecule has 0 N–H and O–H groups in total. The first-order valence-electron chi connectivity index (χ1n) is 9.42. The van der Waals surface area contributed by atoms with Crippen LogP contribution in [0.3, 0.4) is 0 Å². The summed E-state index contributed by atoms with van der Waals surface area (Å²) in [5, 5.41) is 1.32. The Bertz CT molecular complexity index is 656. The van der Waals surface area contributed by atoms with Crippen LogP contribution in [-0.2, 0) is 4.79 Å². The van der Waals surface area contributed by atoms with E-state index in [0.29, 0.717) is 6.04 Å². The van der Waals surface area contributed by atoms with Gasteiger partial charge in [-0.05, 0) is 44.0 Å². The molecule has 1 aliphatic carbocycles. The first kappa shape index (κ1) is 19.1. The van der Waals surface area contributed by atoms with Crippen molar-refractivity contribution in [3.63, 3.8) is 0 Å². The van der Waals surface area contributed by atoms with Crippen molar-refractivity contribution in [2.45, 2.75) is 63.4 Å². The number of anilines is 1. The lowest BCUT2D eigenvalue weighted by atomic mass is 9.96. The molecule has 1 aliphatic heterocycles. The molecule has 2 unspecified atom stereocenters. The van der Waals surface area contributed by atoms with Gasteiger partial charge in [0, 0.05) is 24.9 Å². The second-order valence-corrected chi connectivity index (χ2v) is 8.48. The molecule has 0 aromatic heterocycles. The minimum absolute atomic E-state index is 0.0340. The monoisotopic (exact) mass is 375 g/mol. The summed E-state index contributed by atoms with van der Waals surface area (Å²) in [6.45, 7) is 3.81. The van der Waals surface area contributed by atoms with Crippen molar-refractivity contribution >= 4 is 28.5 Å². The van der Waals surface area contributed by atoms with Gasteiger partial charge in [0.2, 0.25) is 5.91 Å². The third kappa shape index (κ3) is 4.00. The molecular formula is C20H29N3O2S. The van der Waals surface area contributed by atoms with Gasteiger partial charge in [0.15, 0.2) is 5.17 Å². The topological polar surface area (TPSA) is 45.1 Å². The molecule has 0 radical (unpaired) electrons. The number of nitrogens with zero attached hydrogens (tertiary/aromatic N) is 3. The molecule has 2 aliphatic rings. The number of hydrogen-bond donors (Lipinski definition) is 0. The maximum Gasteiger partial charge on any atom is 0.225 e. The summed E-state index contributed by atoms with van der Waals surface area (Å²) in [6, 6.07) is 8.12. The summed E-state index contributed by atoms with van der Waals surface area (Å²) in [5.74, 6) is 0.831. The van der Waals surface area contributed by atoms with Crippen molar-refractivity contribution in [1.29, 1.82) is 0 Å². The van der Waals surface area contributed by atoms with E-state index in [0.717, 1.165) is 16.6 Å². The van der Waals surface area contributed by atoms with E-state index in [4.69, 9.17) is 9.73 Å². The molecule has 6 heteroatoms. The van der Waals surface area contributed by atoms with Crippen molar-refractivity contribution in [1.82, 2.24) is 4.90 Å². The molecule has 5 nitrogen and oxygen atoms in total. The Hall–Kier alpha value is -1.69. The normalized spacial score (nSPS) is 25.5. The molecular weight excluding hydrogens is 346 g/mol. The lowest BCUT2D eigenvalue weighted by molar-refractivity contribution is -0.117. The Morgan fingerprint density at radius 1 is 1.23 bits per heavy atom. The summed E-state index contributed by atoms with van der Waals surface area (Å²) in [7, 11) is 3.71. The summed E-state index contributed by atoms with van der Waals surface area (Å²) < 4.78 is 5.24. The number of amidine groups is 1. The quantitative estimate of drug-likeness (QED) is 0.794. The molecule has 0 bridgehead atoms. The molecule has 1 saturated carbocycles. The smallest absolute Gasteiger partial charge is 0.225 e. The molecule has 2 atom stereocenters. The van der Waals surface area contributed by atoms with Crippen LogP contribution in [0.1, 0.15) is 46.0 Å². The van der Waals surface area contributed by atoms with Crippen LogP contribution in [0, 0.1) is 0 Å². The first-order valence-corrected chi connectivity index (χ1v) is 10.3. The van der Waals surface area contributed by atoms with E-state index in [-0.39, 0.29) is 17.3 Å². The largest absolute Gasteiger partial charge is 0.497 e. The number of ether oxygens (including phenoxy) is 1. The van der Waals surface area contributed by atoms with Gasteiger partial charge in [-0.1, -0.05) is 31.0 Å². The van der Waals surface area contributed by atoms with Gasteiger partial charge in [-0.2, -0.15) is 0 Å². The van der Waals surface area contributed by atoms with Crippen LogP contribution in [0.4, 0.5) is 5.69 Å². The predicted octanol–water partition coefficient (Wildman–Crippen LogP) is 4.13. The highest BCUT2D eigenvalue weighted by Crippen LogP contribution is 2.36. The molecule has 1 amide bonds. The average molecular weight is 376 g/mol. The van der Waals surface area contributed by atoms with Gasteiger partial charge < -0.3 is 9.64 Å². The lowest BCUT2D eigenvalue weighted by Crippen LogP contribution is -2.50. The van der Waals surface area contributed by atoms with Crippen LogP contribution in [0.15, 0.2) is 29.3 Å². The molecule has 0 spiro atoms. The third-order valence-electron chi connectivity index (χ3n) is 5.23. The number of carbonyl (C=O) groups is 1. The molecule has 1 heterocycles. The van der Waals surface area contributed by atoms with E-state index < -0.39 is 0 Å². The van der Waals surface area contributed by atoms with Gasteiger partial charge >= 0.3 is 0 Å². The van der Waals surface area contributed by atoms with E-state index in [1.54, 1.807) is 25.8 Å². The van der Waals surface area contributed by atoms with Gasteiger partial charge in [-0.25, -0.2) is 0 Å². The van der Waals surface area contributed by atoms with Gasteiger partial charge in [-0.15, -0.1) is 0 Å². The van der Waals surface area contributed by atoms with Gasteiger partial charge in [-0.3, -0.25) is 14.7 Å². The van der Waals surface area contributed by atoms with Crippen molar-refractivity contribution in [3.05, 3.63) is 24.3 Å². The van der Waals surface area contributed by atoms with Crippen LogP contribution in [0.2, 0.25) is 0 Å². The van der Waals surface area contributed by atoms with Crippen LogP contribution < -0.4 is 9.64 Å². The van der Waals surface area contributed by atoms with Crippen molar-refractivity contribution in [3.8, 4) is 5.75 Å². The molecule has 1 saturated heterocycles. The maximum atomic E-state index is 12.5. The zero-order valence-corrected chi connectivity index (χ0v) is 17.0. The molecule has 2 fully saturated rings. The third-order valence-corrected chi connectivity index (χ3v) is 6.45. The highest BCUT2D eigenvalue weighted by Gasteiger charge is 2.40. The zero-order chi connectivity index (χ0) is 18.7. The Morgan fingerprint density at radius 2 is 1.88 bits per heavy atom. The number of rotatable bonds is 4. The standard InChI is InChI=1S/C20H29N3O2S/c1-14-19(22(3)20(26-14)21-16-8-6-5-7-9-16)23(15(2)24)17-10-12-18(25-4)13-11-17/h10-14,16,19H,5-9H2,1-4H3. The van der Waals surface area contributed by atoms with Gasteiger partial charge in [0.05, 0.1) is 13.2 Å². The SMILES string of the molecule is COc1ccc(N(C(C)=O)C2C(C)SC(=NC3CCCCC3)N2C)cc1. The molecule has 3 rings (SSSR count). The number of amides is 1. The zero-order valence-electron chi connectivity index (χ0n) is 16.1. The van der Waals surface area contributed by atoms with Crippen molar-refractivity contribution in [2.24, 2.45) is 4.99 Å². The number of carbonyl (C=O) groups excluding carboxylic acids is 1. The van der Waals surface area contributed by atoms with E-state index in [1.807, 2.05) is 29.2 Å². The van der Waals surface area contributed by atoms with Crippen LogP contribution in [-0.4, -0.2) is 47.6 Å². The summed E-state index contributed by atoms with van der Waals surface area (Å²) in [6.07, 6.45) is 6.23. The Kier molecular flexibility index (Phi) is 6.12. The van der Waals surface area contributed by atoms with Gasteiger partial charge in [0.1, 0.15) is 11.9 Å². The predicted molar refractivity (Wildman–Crippen MR) is 109 cm³/mol. The second kappa shape index (κ2) is 8.33. The molecule has 142 valence electrons. The summed E-state index contributed by atoms with van der Waals surface area (Å²) >= 11 is 1.78. The second-order valence-electron chi connectivity index (χ2n) is 7.14. The fourth-order valence-electron chi connectivity index (χ4n) is 3.87. The molecule has 26 heavy (non-hydrogen) atoms. The summed E-state index contributed by atoms with van der Waals surface area (Å²) in [4.78, 5) is 21.6. The van der Waals surface area contributed by atoms with E-state index in [9.17, 15) is 4.79 Å². The fraction of sp³-hybridized carbons (Fsp3) is 0.600. The number of benzene rings is 1. The number of hydrogen-bond acceptors (Lipinski definition) is 4. The van der Waals surface area contributed by atoms with Crippen LogP contribution in [0.5, 0.6) is 5.75 Å². The Morgan fingerprint density at radius 3 is 2.46 bits per heavy atom. The number of methoxy groups -OCH3 is 1. The minimum Gasteiger partial charge on any atom is -0.497 e. The van der Waals surface area contributed by atoms with Crippen molar-refractivity contribution < 1.29 is 9.53 Å². The highest BCUT2D eigenvalue weighted by molar-refractivity contribution is 8.14. The van der Waals surface area contributed by atoms with Crippen LogP contribution in [0.25, 0.3) is 0 Å². The van der Waals surface area contributed by atoms with E-state index in [1.165, 1.54) is 32.1 Å². The minimum atomic E-state index is -0.0340. The number of aliphatic imine (C=N–C) groups is 1. The maximum absolute atomic E-state index is 12.5. The molecule has 1 aromatic rings. The highest BCUT2D eigenvalue weighted by atomic mass is 32.2. The van der Waals surface area contributed by atoms with Crippen molar-refractivity contribution in [2.75, 3.05) is 19.1 Å². The Labute approximate surface area is 160 Å². The summed E-state index contributed by atoms with van der Waals surface area (Å²) in [5.41, 5.74) is 0.890.